The van der Waals surface area contributed by atoms with E-state index in [1.807, 2.05) is 19.1 Å². The number of anilines is 1. The highest BCUT2D eigenvalue weighted by Crippen LogP contribution is 2.49. The van der Waals surface area contributed by atoms with Crippen molar-refractivity contribution in [3.05, 3.63) is 65.0 Å². The van der Waals surface area contributed by atoms with Gasteiger partial charge in [0, 0.05) is 29.8 Å². The maximum Gasteiger partial charge on any atom is 0.416 e. The monoisotopic (exact) mass is 505 g/mol. The van der Waals surface area contributed by atoms with Gasteiger partial charge in [-0.3, -0.25) is 9.59 Å². The van der Waals surface area contributed by atoms with Gasteiger partial charge in [0.15, 0.2) is 0 Å². The fourth-order valence-electron chi connectivity index (χ4n) is 5.24. The number of amides is 2. The lowest BCUT2D eigenvalue weighted by atomic mass is 9.90. The van der Waals surface area contributed by atoms with E-state index >= 15 is 0 Å². The van der Waals surface area contributed by atoms with Gasteiger partial charge < -0.3 is 20.3 Å². The number of hydrogen-bond acceptors (Lipinski definition) is 4. The Kier molecular flexibility index (Phi) is 6.40. The van der Waals surface area contributed by atoms with Gasteiger partial charge in [0.1, 0.15) is 11.9 Å². The summed E-state index contributed by atoms with van der Waals surface area (Å²) in [6, 6.07) is 7.83. The Morgan fingerprint density at radius 3 is 2.53 bits per heavy atom. The smallest absolute Gasteiger partial charge is 0.385 e. The van der Waals surface area contributed by atoms with Crippen molar-refractivity contribution in [2.45, 2.75) is 44.1 Å². The number of nitrogens with one attached hydrogen (secondary N) is 2. The predicted octanol–water partition coefficient (Wildman–Crippen LogP) is 4.38. The topological polar surface area (TPSA) is 70.7 Å². The van der Waals surface area contributed by atoms with E-state index < -0.39 is 35.5 Å². The molecule has 192 valence electrons. The lowest BCUT2D eigenvalue weighted by Gasteiger charge is -2.36. The zero-order chi connectivity index (χ0) is 25.6. The van der Waals surface area contributed by atoms with Crippen molar-refractivity contribution in [2.24, 2.45) is 11.8 Å². The van der Waals surface area contributed by atoms with Crippen molar-refractivity contribution >= 4 is 17.5 Å². The third-order valence-corrected chi connectivity index (χ3v) is 7.26. The summed E-state index contributed by atoms with van der Waals surface area (Å²) in [5, 5.41) is 6.02. The number of piperidine rings is 1. The van der Waals surface area contributed by atoms with Gasteiger partial charge in [-0.05, 0) is 49.9 Å². The van der Waals surface area contributed by atoms with Crippen LogP contribution >= 0.6 is 0 Å². The summed E-state index contributed by atoms with van der Waals surface area (Å²) >= 11 is 0. The quantitative estimate of drug-likeness (QED) is 0.548. The first kappa shape index (κ1) is 24.5. The molecule has 6 nitrogen and oxygen atoms in total. The molecule has 3 aliphatic rings. The molecular weight excluding hydrogens is 478 g/mol. The molecule has 2 saturated heterocycles. The molecule has 1 aliphatic carbocycles. The number of rotatable bonds is 7. The second-order valence-electron chi connectivity index (χ2n) is 9.62. The molecule has 0 bridgehead atoms. The van der Waals surface area contributed by atoms with Gasteiger partial charge in [-0.2, -0.15) is 13.2 Å². The highest BCUT2D eigenvalue weighted by molar-refractivity contribution is 6.02. The lowest BCUT2D eigenvalue weighted by molar-refractivity contribution is -0.138. The highest BCUT2D eigenvalue weighted by Gasteiger charge is 2.56. The van der Waals surface area contributed by atoms with Crippen molar-refractivity contribution in [3.8, 4) is 0 Å². The average Bonchev–Trinajstić information content (AvgIpc) is 3.46. The van der Waals surface area contributed by atoms with Gasteiger partial charge in [0.2, 0.25) is 5.91 Å². The van der Waals surface area contributed by atoms with Crippen LogP contribution < -0.4 is 10.6 Å². The molecule has 1 saturated carbocycles. The molecular formula is C26H27F4N3O3. The van der Waals surface area contributed by atoms with Crippen LogP contribution in [0, 0.1) is 17.7 Å². The van der Waals surface area contributed by atoms with Gasteiger partial charge in [0.25, 0.3) is 5.91 Å². The van der Waals surface area contributed by atoms with Gasteiger partial charge in [-0.1, -0.05) is 18.2 Å². The summed E-state index contributed by atoms with van der Waals surface area (Å²) in [6.07, 6.45) is -3.35. The molecule has 0 spiro atoms. The van der Waals surface area contributed by atoms with E-state index in [0.29, 0.717) is 30.3 Å². The minimum atomic E-state index is -4.67. The van der Waals surface area contributed by atoms with Crippen LogP contribution in [0.1, 0.15) is 47.3 Å². The van der Waals surface area contributed by atoms with Crippen LogP contribution in [0.5, 0.6) is 0 Å². The van der Waals surface area contributed by atoms with Crippen molar-refractivity contribution < 1.29 is 31.9 Å². The number of para-hydroxylation sites is 1. The van der Waals surface area contributed by atoms with E-state index in [-0.39, 0.29) is 42.6 Å². The number of carbonyl (C=O) groups excluding carboxylic acids is 2. The zero-order valence-corrected chi connectivity index (χ0v) is 19.6. The molecule has 36 heavy (non-hydrogen) atoms. The summed E-state index contributed by atoms with van der Waals surface area (Å²) in [5.41, 5.74) is 0.0425. The standard InChI is InChI=1S/C26H27F4N3O3/c1-2-31-20-6-4-3-5-18(20)25(35)33-21-9-14(21)10-22(33)24(34)32-23(15-12-36-13-15)17-8-7-16(11-19(17)27)26(28,29)30/h3-8,11,14-15,21-23,31H,2,9-10,12-13H2,1H3,(H,32,34)/t14-,21-,22-,23-/m1/s1. The van der Waals surface area contributed by atoms with Crippen molar-refractivity contribution in [1.82, 2.24) is 10.2 Å². The summed E-state index contributed by atoms with van der Waals surface area (Å²) in [7, 11) is 0. The molecule has 2 N–H and O–H groups in total. The Bertz CT molecular complexity index is 1170. The van der Waals surface area contributed by atoms with Crippen molar-refractivity contribution in [1.29, 1.82) is 0 Å². The maximum atomic E-state index is 14.8. The number of halogens is 4. The zero-order valence-electron chi connectivity index (χ0n) is 19.6. The number of likely N-dealkylation sites (tertiary alicyclic amines) is 1. The Balaban J connectivity index is 1.39. The SMILES string of the molecule is CCNc1ccccc1C(=O)N1[C@@H](C(=O)N[C@@H](c2ccc(C(F)(F)F)cc2F)C2COC2)C[C@H]2C[C@H]21. The third kappa shape index (κ3) is 4.54. The fourth-order valence-corrected chi connectivity index (χ4v) is 5.24. The maximum absolute atomic E-state index is 14.8. The van der Waals surface area contributed by atoms with E-state index in [1.165, 1.54) is 0 Å². The summed E-state index contributed by atoms with van der Waals surface area (Å²) in [6.45, 7) is 3.05. The highest BCUT2D eigenvalue weighted by atomic mass is 19.4. The second kappa shape index (κ2) is 9.38. The van der Waals surface area contributed by atoms with Crippen LogP contribution in [0.2, 0.25) is 0 Å². The first-order valence-corrected chi connectivity index (χ1v) is 12.1. The van der Waals surface area contributed by atoms with E-state index in [0.717, 1.165) is 18.6 Å². The first-order valence-electron chi connectivity index (χ1n) is 12.1. The number of alkyl halides is 3. The van der Waals surface area contributed by atoms with Crippen LogP contribution in [0.25, 0.3) is 0 Å². The summed E-state index contributed by atoms with van der Waals surface area (Å²) in [4.78, 5) is 28.6. The van der Waals surface area contributed by atoms with E-state index in [9.17, 15) is 27.2 Å². The van der Waals surface area contributed by atoms with Crippen molar-refractivity contribution in [2.75, 3.05) is 25.1 Å². The number of hydrogen-bond donors (Lipinski definition) is 2. The number of carbonyl (C=O) groups is 2. The molecule has 10 heteroatoms. The predicted molar refractivity (Wildman–Crippen MR) is 124 cm³/mol. The second-order valence-corrected chi connectivity index (χ2v) is 9.62. The van der Waals surface area contributed by atoms with Crippen LogP contribution in [0.3, 0.4) is 0 Å². The normalized spacial score (nSPS) is 24.0. The van der Waals surface area contributed by atoms with Gasteiger partial charge >= 0.3 is 6.18 Å². The Morgan fingerprint density at radius 1 is 1.14 bits per heavy atom. The molecule has 4 atom stereocenters. The largest absolute Gasteiger partial charge is 0.416 e. The summed E-state index contributed by atoms with van der Waals surface area (Å²) < 4.78 is 59.1. The number of nitrogens with zero attached hydrogens (tertiary/aromatic N) is 1. The minimum absolute atomic E-state index is 0.0248. The molecule has 0 aromatic heterocycles. The van der Waals surface area contributed by atoms with Crippen LogP contribution in [0.4, 0.5) is 23.2 Å². The Hall–Kier alpha value is -3.14. The number of fused-ring (bicyclic) bond motifs is 1. The van der Waals surface area contributed by atoms with Gasteiger partial charge in [-0.15, -0.1) is 0 Å². The van der Waals surface area contributed by atoms with Gasteiger partial charge in [-0.25, -0.2) is 4.39 Å². The summed E-state index contributed by atoms with van der Waals surface area (Å²) in [5.74, 6) is -1.78. The van der Waals surface area contributed by atoms with Crippen LogP contribution in [-0.2, 0) is 15.7 Å². The number of benzene rings is 2. The fraction of sp³-hybridized carbons (Fsp3) is 0.462. The van der Waals surface area contributed by atoms with E-state index in [2.05, 4.69) is 10.6 Å². The molecule has 2 amide bonds. The number of ether oxygens (including phenoxy) is 1. The molecule has 5 rings (SSSR count). The Morgan fingerprint density at radius 2 is 1.89 bits per heavy atom. The Labute approximate surface area is 206 Å². The molecule has 0 radical (unpaired) electrons. The first-order chi connectivity index (χ1) is 17.2. The van der Waals surface area contributed by atoms with Crippen LogP contribution in [0.15, 0.2) is 42.5 Å². The lowest BCUT2D eigenvalue weighted by Crippen LogP contribution is -2.51. The molecule has 0 unspecified atom stereocenters. The van der Waals surface area contributed by atoms with Gasteiger partial charge in [0.05, 0.1) is 30.4 Å². The average molecular weight is 506 g/mol. The molecule has 3 fully saturated rings. The third-order valence-electron chi connectivity index (χ3n) is 7.26. The van der Waals surface area contributed by atoms with Crippen molar-refractivity contribution in [3.63, 3.8) is 0 Å². The van der Waals surface area contributed by atoms with E-state index in [4.69, 9.17) is 4.74 Å². The molecule has 2 aromatic carbocycles. The minimum Gasteiger partial charge on any atom is -0.385 e. The molecule has 2 heterocycles. The van der Waals surface area contributed by atoms with Crippen LogP contribution in [-0.4, -0.2) is 48.6 Å². The molecule has 2 aliphatic heterocycles. The molecule has 2 aromatic rings. The van der Waals surface area contributed by atoms with E-state index in [1.54, 1.807) is 17.0 Å².